The van der Waals surface area contributed by atoms with Crippen molar-refractivity contribution in [1.29, 1.82) is 0 Å². The molecule has 5 nitrogen and oxygen atoms in total. The third kappa shape index (κ3) is 3.11. The van der Waals surface area contributed by atoms with E-state index in [1.807, 2.05) is 12.4 Å². The van der Waals surface area contributed by atoms with Crippen molar-refractivity contribution in [2.24, 2.45) is 5.92 Å². The lowest BCUT2D eigenvalue weighted by atomic mass is 9.95. The molecule has 2 aliphatic rings. The van der Waals surface area contributed by atoms with Crippen LogP contribution in [0.4, 0.5) is 11.6 Å². The van der Waals surface area contributed by atoms with Crippen LogP contribution in [0.25, 0.3) is 10.9 Å². The van der Waals surface area contributed by atoms with Gasteiger partial charge < -0.3 is 9.80 Å². The van der Waals surface area contributed by atoms with Gasteiger partial charge in [0.25, 0.3) is 0 Å². The van der Waals surface area contributed by atoms with E-state index in [9.17, 15) is 0 Å². The van der Waals surface area contributed by atoms with Gasteiger partial charge in [0.2, 0.25) is 0 Å². The van der Waals surface area contributed by atoms with Gasteiger partial charge in [-0.05, 0) is 30.9 Å². The minimum absolute atomic E-state index is 0.464. The number of hydrogen-bond acceptors (Lipinski definition) is 5. The molecule has 0 radical (unpaired) electrons. The van der Waals surface area contributed by atoms with Crippen molar-refractivity contribution in [3.05, 3.63) is 54.5 Å². The molecule has 0 bridgehead atoms. The summed E-state index contributed by atoms with van der Waals surface area (Å²) >= 11 is 0. The lowest BCUT2D eigenvalue weighted by Gasteiger charge is -2.42. The number of para-hydroxylation sites is 1. The molecule has 2 saturated heterocycles. The topological polar surface area (TPSA) is 45.2 Å². The Balaban J connectivity index is 1.33. The summed E-state index contributed by atoms with van der Waals surface area (Å²) in [6.07, 6.45) is 6.10. The summed E-state index contributed by atoms with van der Waals surface area (Å²) in [5.74, 6) is 3.36. The van der Waals surface area contributed by atoms with Crippen molar-refractivity contribution in [2.75, 3.05) is 36.0 Å². The number of fused-ring (bicyclic) bond motifs is 1. The summed E-state index contributed by atoms with van der Waals surface area (Å²) < 4.78 is 0. The van der Waals surface area contributed by atoms with Crippen LogP contribution in [-0.2, 0) is 0 Å². The molecule has 2 aliphatic heterocycles. The first-order valence-corrected chi connectivity index (χ1v) is 9.94. The van der Waals surface area contributed by atoms with E-state index in [0.717, 1.165) is 49.2 Å². The van der Waals surface area contributed by atoms with Gasteiger partial charge >= 0.3 is 0 Å². The largest absolute Gasteiger partial charge is 0.354 e. The lowest BCUT2D eigenvalue weighted by molar-refractivity contribution is 0.435. The van der Waals surface area contributed by atoms with Crippen LogP contribution in [0, 0.1) is 5.92 Å². The first kappa shape index (κ1) is 16.5. The van der Waals surface area contributed by atoms with Crippen molar-refractivity contribution in [1.82, 2.24) is 15.0 Å². The second-order valence-electron chi connectivity index (χ2n) is 7.90. The number of benzene rings is 1. The highest BCUT2D eigenvalue weighted by atomic mass is 15.3. The number of aromatic nitrogens is 3. The molecule has 4 heterocycles. The van der Waals surface area contributed by atoms with Gasteiger partial charge in [0, 0.05) is 55.6 Å². The smallest absolute Gasteiger partial charge is 0.172 e. The van der Waals surface area contributed by atoms with Gasteiger partial charge in [0.05, 0.1) is 5.52 Å². The van der Waals surface area contributed by atoms with E-state index in [1.165, 1.54) is 23.9 Å². The molecular formula is C22H25N5. The number of anilines is 2. The normalized spacial score (nSPS) is 18.7. The van der Waals surface area contributed by atoms with Gasteiger partial charge in [0.15, 0.2) is 11.6 Å². The summed E-state index contributed by atoms with van der Waals surface area (Å²) in [6, 6.07) is 12.7. The average Bonchev–Trinajstić information content (AvgIpc) is 2.68. The summed E-state index contributed by atoms with van der Waals surface area (Å²) in [5.41, 5.74) is 2.26. The van der Waals surface area contributed by atoms with Crippen LogP contribution in [0.15, 0.2) is 48.8 Å². The standard InChI is InChI=1S/C22H25N5/c1-16-8-12-26(13-9-16)21-22(24-11-10-23-21)27-14-18(15-27)20-7-6-17-4-2-3-5-19(17)25-20/h2-7,10-11,16,18H,8-9,12-15H2,1H3. The highest BCUT2D eigenvalue weighted by molar-refractivity contribution is 5.78. The van der Waals surface area contributed by atoms with Gasteiger partial charge in [-0.15, -0.1) is 0 Å². The summed E-state index contributed by atoms with van der Waals surface area (Å²) in [7, 11) is 0. The zero-order valence-corrected chi connectivity index (χ0v) is 15.8. The molecule has 138 valence electrons. The first-order valence-electron chi connectivity index (χ1n) is 9.94. The van der Waals surface area contributed by atoms with Crippen LogP contribution in [0.3, 0.4) is 0 Å². The maximum atomic E-state index is 4.87. The zero-order valence-electron chi connectivity index (χ0n) is 15.8. The van der Waals surface area contributed by atoms with Crippen LogP contribution in [0.2, 0.25) is 0 Å². The molecule has 0 N–H and O–H groups in total. The quantitative estimate of drug-likeness (QED) is 0.710. The summed E-state index contributed by atoms with van der Waals surface area (Å²) in [4.78, 5) is 19.0. The Kier molecular flexibility index (Phi) is 4.15. The molecule has 0 atom stereocenters. The van der Waals surface area contributed by atoms with Crippen LogP contribution in [0.1, 0.15) is 31.4 Å². The Labute approximate surface area is 160 Å². The minimum atomic E-state index is 0.464. The highest BCUT2D eigenvalue weighted by Gasteiger charge is 2.33. The van der Waals surface area contributed by atoms with Gasteiger partial charge in [-0.25, -0.2) is 9.97 Å². The molecule has 2 aromatic heterocycles. The predicted octanol–water partition coefficient (Wildman–Crippen LogP) is 3.86. The molecule has 0 amide bonds. The zero-order chi connectivity index (χ0) is 18.2. The van der Waals surface area contributed by atoms with E-state index in [4.69, 9.17) is 4.98 Å². The van der Waals surface area contributed by atoms with Crippen molar-refractivity contribution in [2.45, 2.75) is 25.7 Å². The molecule has 2 fully saturated rings. The van der Waals surface area contributed by atoms with Crippen LogP contribution in [0.5, 0.6) is 0 Å². The van der Waals surface area contributed by atoms with Crippen molar-refractivity contribution in [3.8, 4) is 0 Å². The van der Waals surface area contributed by atoms with Crippen molar-refractivity contribution >= 4 is 22.5 Å². The monoisotopic (exact) mass is 359 g/mol. The van der Waals surface area contributed by atoms with Crippen LogP contribution in [-0.4, -0.2) is 41.1 Å². The first-order chi connectivity index (χ1) is 13.3. The molecule has 3 aromatic rings. The average molecular weight is 359 g/mol. The van der Waals surface area contributed by atoms with Gasteiger partial charge in [0.1, 0.15) is 0 Å². The molecule has 0 spiro atoms. The van der Waals surface area contributed by atoms with E-state index in [0.29, 0.717) is 5.92 Å². The lowest BCUT2D eigenvalue weighted by Crippen LogP contribution is -2.47. The summed E-state index contributed by atoms with van der Waals surface area (Å²) in [5, 5.41) is 1.20. The van der Waals surface area contributed by atoms with E-state index in [1.54, 1.807) is 0 Å². The third-order valence-corrected chi connectivity index (χ3v) is 5.96. The Morgan fingerprint density at radius 3 is 2.33 bits per heavy atom. The van der Waals surface area contributed by atoms with Crippen LogP contribution < -0.4 is 9.80 Å². The third-order valence-electron chi connectivity index (χ3n) is 5.96. The Morgan fingerprint density at radius 2 is 1.56 bits per heavy atom. The Bertz CT molecular complexity index is 942. The fourth-order valence-corrected chi connectivity index (χ4v) is 4.14. The number of pyridine rings is 1. The number of rotatable bonds is 3. The molecule has 5 rings (SSSR count). The molecular weight excluding hydrogens is 334 g/mol. The number of nitrogens with zero attached hydrogens (tertiary/aromatic N) is 5. The number of piperidine rings is 1. The van der Waals surface area contributed by atoms with E-state index < -0.39 is 0 Å². The van der Waals surface area contributed by atoms with E-state index in [-0.39, 0.29) is 0 Å². The molecule has 0 unspecified atom stereocenters. The Morgan fingerprint density at radius 1 is 0.852 bits per heavy atom. The summed E-state index contributed by atoms with van der Waals surface area (Å²) in [6.45, 7) is 6.42. The molecule has 1 aromatic carbocycles. The number of hydrogen-bond donors (Lipinski definition) is 0. The van der Waals surface area contributed by atoms with Crippen LogP contribution >= 0.6 is 0 Å². The second kappa shape index (κ2) is 6.80. The Hall–Kier alpha value is -2.69. The maximum Gasteiger partial charge on any atom is 0.172 e. The molecule has 5 heteroatoms. The van der Waals surface area contributed by atoms with E-state index >= 15 is 0 Å². The van der Waals surface area contributed by atoms with Gasteiger partial charge in [-0.1, -0.05) is 31.2 Å². The predicted molar refractivity (Wildman–Crippen MR) is 109 cm³/mol. The maximum absolute atomic E-state index is 4.87. The highest BCUT2D eigenvalue weighted by Crippen LogP contribution is 2.35. The molecule has 27 heavy (non-hydrogen) atoms. The molecule has 0 aliphatic carbocycles. The fraction of sp³-hybridized carbons (Fsp3) is 0.409. The molecule has 0 saturated carbocycles. The van der Waals surface area contributed by atoms with E-state index in [2.05, 4.69) is 63.1 Å². The fourth-order valence-electron chi connectivity index (χ4n) is 4.14. The SMILES string of the molecule is CC1CCN(c2nccnc2N2CC(c3ccc4ccccc4n3)C2)CC1. The van der Waals surface area contributed by atoms with Crippen molar-refractivity contribution < 1.29 is 0 Å². The minimum Gasteiger partial charge on any atom is -0.354 e. The van der Waals surface area contributed by atoms with Gasteiger partial charge in [-0.2, -0.15) is 0 Å². The van der Waals surface area contributed by atoms with Gasteiger partial charge in [-0.3, -0.25) is 4.98 Å². The second-order valence-corrected chi connectivity index (χ2v) is 7.90. The van der Waals surface area contributed by atoms with Crippen molar-refractivity contribution in [3.63, 3.8) is 0 Å².